The molecule has 2 saturated carbocycles. The second kappa shape index (κ2) is 11.7. The first kappa shape index (κ1) is 25.0. The zero-order valence-electron chi connectivity index (χ0n) is 19.8. The highest BCUT2D eigenvalue weighted by Crippen LogP contribution is 2.59. The molecular weight excluding hydrogens is 300 g/mol. The molecule has 4 unspecified atom stereocenters. The van der Waals surface area contributed by atoms with E-state index >= 15 is 0 Å². The molecule has 0 N–H and O–H groups in total. The zero-order valence-corrected chi connectivity index (χ0v) is 19.8. The Morgan fingerprint density at radius 1 is 0.880 bits per heavy atom. The third-order valence-corrected chi connectivity index (χ3v) is 6.59. The lowest BCUT2D eigenvalue weighted by molar-refractivity contribution is 0.0138. The molecule has 2 aliphatic rings. The Morgan fingerprint density at radius 2 is 1.36 bits per heavy atom. The van der Waals surface area contributed by atoms with Crippen LogP contribution < -0.4 is 0 Å². The summed E-state index contributed by atoms with van der Waals surface area (Å²) in [4.78, 5) is 0. The molecule has 25 heavy (non-hydrogen) atoms. The van der Waals surface area contributed by atoms with Crippen molar-refractivity contribution in [2.75, 3.05) is 0 Å². The monoisotopic (exact) mass is 352 g/mol. The molecule has 0 aromatic heterocycles. The molecule has 0 spiro atoms. The summed E-state index contributed by atoms with van der Waals surface area (Å²) in [5.41, 5.74) is 0.539. The molecule has 0 nitrogen and oxygen atoms in total. The highest BCUT2D eigenvalue weighted by molar-refractivity contribution is 5.00. The first-order valence-electron chi connectivity index (χ1n) is 11.6. The molecule has 0 aromatic carbocycles. The van der Waals surface area contributed by atoms with Crippen molar-refractivity contribution in [1.29, 1.82) is 0 Å². The van der Waals surface area contributed by atoms with Crippen molar-refractivity contribution in [3.8, 4) is 0 Å². The number of hydrogen-bond donors (Lipinski definition) is 0. The van der Waals surface area contributed by atoms with E-state index in [9.17, 15) is 0 Å². The lowest BCUT2D eigenvalue weighted by Gasteiger charge is -2.48. The van der Waals surface area contributed by atoms with Gasteiger partial charge in [0.15, 0.2) is 0 Å². The number of rotatable bonds is 6. The van der Waals surface area contributed by atoms with E-state index in [2.05, 4.69) is 62.3 Å². The van der Waals surface area contributed by atoms with Crippen LogP contribution in [0.1, 0.15) is 115 Å². The predicted octanol–water partition coefficient (Wildman–Crippen LogP) is 8.85. The molecule has 0 heteroatoms. The minimum Gasteiger partial charge on any atom is -0.0683 e. The Morgan fingerprint density at radius 3 is 1.72 bits per heavy atom. The molecule has 2 rings (SSSR count). The molecule has 2 fully saturated rings. The molecule has 4 atom stereocenters. The Hall–Kier alpha value is 0. The van der Waals surface area contributed by atoms with Gasteiger partial charge in [0, 0.05) is 0 Å². The fourth-order valence-electron chi connectivity index (χ4n) is 4.77. The summed E-state index contributed by atoms with van der Waals surface area (Å²) in [5.74, 6) is 7.06. The summed E-state index contributed by atoms with van der Waals surface area (Å²) in [6.45, 7) is 25.3. The molecule has 0 saturated heterocycles. The molecule has 0 radical (unpaired) electrons. The molecule has 0 heterocycles. The average molecular weight is 353 g/mol. The van der Waals surface area contributed by atoms with Crippen LogP contribution in [0.4, 0.5) is 0 Å². The third kappa shape index (κ3) is 8.04. The maximum atomic E-state index is 2.48. The van der Waals surface area contributed by atoms with Crippen LogP contribution in [0.5, 0.6) is 0 Å². The molecule has 2 aliphatic carbocycles. The molecule has 152 valence electrons. The Bertz CT molecular complexity index is 315. The van der Waals surface area contributed by atoms with Crippen LogP contribution in [0.15, 0.2) is 0 Å². The lowest BCUT2D eigenvalue weighted by atomic mass is 9.57. The van der Waals surface area contributed by atoms with Gasteiger partial charge in [-0.15, -0.1) is 0 Å². The predicted molar refractivity (Wildman–Crippen MR) is 117 cm³/mol. The van der Waals surface area contributed by atoms with E-state index < -0.39 is 0 Å². The Kier molecular flexibility index (Phi) is 11.7. The lowest BCUT2D eigenvalue weighted by Crippen LogP contribution is -2.40. The van der Waals surface area contributed by atoms with Crippen molar-refractivity contribution in [3.63, 3.8) is 0 Å². The maximum absolute atomic E-state index is 2.48. The molecule has 0 bridgehead atoms. The van der Waals surface area contributed by atoms with E-state index in [4.69, 9.17) is 0 Å². The normalized spacial score (nSPS) is 30.2. The SMILES string of the molecule is CC.CCC.CCC(C)CC1CC1C(C(C)C)C1CC(C(C)(C)C)C1. The molecule has 0 amide bonds. The van der Waals surface area contributed by atoms with Crippen LogP contribution in [0.2, 0.25) is 0 Å². The van der Waals surface area contributed by atoms with Crippen LogP contribution >= 0.6 is 0 Å². The molecule has 0 aliphatic heterocycles. The zero-order chi connectivity index (χ0) is 19.8. The quantitative estimate of drug-likeness (QED) is 0.447. The summed E-state index contributed by atoms with van der Waals surface area (Å²) in [6, 6.07) is 0. The third-order valence-electron chi connectivity index (χ3n) is 6.59. The maximum Gasteiger partial charge on any atom is -0.0331 e. The van der Waals surface area contributed by atoms with E-state index in [1.165, 1.54) is 32.1 Å². The Labute approximate surface area is 161 Å². The molecule has 0 aromatic rings. The van der Waals surface area contributed by atoms with E-state index in [1.807, 2.05) is 13.8 Å². The first-order chi connectivity index (χ1) is 11.6. The standard InChI is InChI=1S/C20H38.C3H8.C2H6/c1-8-14(4)9-15-12-18(15)19(13(2)3)16-10-17(11-16)20(5,6)7;1-3-2;1-2/h13-19H,8-12H2,1-7H3;3H2,1-2H3;1-2H3. The van der Waals surface area contributed by atoms with Crippen LogP contribution in [0.3, 0.4) is 0 Å². The second-order valence-corrected chi connectivity index (χ2v) is 10.2. The van der Waals surface area contributed by atoms with Gasteiger partial charge in [-0.1, -0.05) is 89.0 Å². The first-order valence-corrected chi connectivity index (χ1v) is 11.6. The van der Waals surface area contributed by atoms with Crippen LogP contribution in [0, 0.1) is 46.8 Å². The van der Waals surface area contributed by atoms with Gasteiger partial charge in [0.2, 0.25) is 0 Å². The van der Waals surface area contributed by atoms with Gasteiger partial charge in [0.1, 0.15) is 0 Å². The van der Waals surface area contributed by atoms with E-state index in [0.717, 1.165) is 41.4 Å². The fourth-order valence-corrected chi connectivity index (χ4v) is 4.77. The van der Waals surface area contributed by atoms with Gasteiger partial charge in [0.05, 0.1) is 0 Å². The van der Waals surface area contributed by atoms with Gasteiger partial charge in [-0.2, -0.15) is 0 Å². The van der Waals surface area contributed by atoms with Gasteiger partial charge in [-0.25, -0.2) is 0 Å². The van der Waals surface area contributed by atoms with E-state index in [-0.39, 0.29) is 0 Å². The number of hydrogen-bond acceptors (Lipinski definition) is 0. The second-order valence-electron chi connectivity index (χ2n) is 10.2. The summed E-state index contributed by atoms with van der Waals surface area (Å²) in [6.07, 6.45) is 8.69. The van der Waals surface area contributed by atoms with Crippen molar-refractivity contribution in [3.05, 3.63) is 0 Å². The minimum atomic E-state index is 0.539. The Balaban J connectivity index is 0.00000104. The van der Waals surface area contributed by atoms with Crippen molar-refractivity contribution in [2.24, 2.45) is 46.8 Å². The van der Waals surface area contributed by atoms with Gasteiger partial charge >= 0.3 is 0 Å². The highest BCUT2D eigenvalue weighted by atomic mass is 14.6. The summed E-state index contributed by atoms with van der Waals surface area (Å²) >= 11 is 0. The van der Waals surface area contributed by atoms with Crippen LogP contribution in [0.25, 0.3) is 0 Å². The largest absolute Gasteiger partial charge is 0.0683 e. The van der Waals surface area contributed by atoms with Gasteiger partial charge < -0.3 is 0 Å². The smallest absolute Gasteiger partial charge is 0.0331 e. The van der Waals surface area contributed by atoms with Gasteiger partial charge in [-0.3, -0.25) is 0 Å². The van der Waals surface area contributed by atoms with Crippen LogP contribution in [-0.4, -0.2) is 0 Å². The van der Waals surface area contributed by atoms with Gasteiger partial charge in [-0.05, 0) is 72.5 Å². The highest BCUT2D eigenvalue weighted by Gasteiger charge is 2.50. The fraction of sp³-hybridized carbons (Fsp3) is 1.00. The van der Waals surface area contributed by atoms with Crippen LogP contribution in [-0.2, 0) is 0 Å². The van der Waals surface area contributed by atoms with Crippen molar-refractivity contribution in [1.82, 2.24) is 0 Å². The van der Waals surface area contributed by atoms with Crippen molar-refractivity contribution < 1.29 is 0 Å². The van der Waals surface area contributed by atoms with E-state index in [0.29, 0.717) is 5.41 Å². The van der Waals surface area contributed by atoms with Crippen molar-refractivity contribution in [2.45, 2.75) is 115 Å². The molecular formula is C25H52. The summed E-state index contributed by atoms with van der Waals surface area (Å²) < 4.78 is 0. The topological polar surface area (TPSA) is 0 Å². The van der Waals surface area contributed by atoms with Crippen molar-refractivity contribution >= 4 is 0 Å². The average Bonchev–Trinajstić information content (AvgIpc) is 3.21. The van der Waals surface area contributed by atoms with Gasteiger partial charge in [0.25, 0.3) is 0 Å². The minimum absolute atomic E-state index is 0.539. The summed E-state index contributed by atoms with van der Waals surface area (Å²) in [7, 11) is 0. The van der Waals surface area contributed by atoms with E-state index in [1.54, 1.807) is 6.42 Å². The summed E-state index contributed by atoms with van der Waals surface area (Å²) in [5, 5.41) is 0.